The SMILES string of the molecule is Cc1cc(-c2ccc3[nH]cnc3c2)ccc1CNCCC1CCCCC1.Cl.Cl. The Bertz CT molecular complexity index is 869. The number of rotatable bonds is 6. The van der Waals surface area contributed by atoms with E-state index in [1.54, 1.807) is 6.33 Å². The first kappa shape index (κ1) is 22.7. The second-order valence-electron chi connectivity index (χ2n) is 7.75. The quantitative estimate of drug-likeness (QED) is 0.451. The van der Waals surface area contributed by atoms with Gasteiger partial charge in [-0.25, -0.2) is 4.98 Å². The molecule has 4 rings (SSSR count). The smallest absolute Gasteiger partial charge is 0.0931 e. The van der Waals surface area contributed by atoms with Gasteiger partial charge in [0.2, 0.25) is 0 Å². The predicted molar refractivity (Wildman–Crippen MR) is 124 cm³/mol. The highest BCUT2D eigenvalue weighted by atomic mass is 35.5. The zero-order valence-electron chi connectivity index (χ0n) is 16.5. The summed E-state index contributed by atoms with van der Waals surface area (Å²) in [5, 5.41) is 3.66. The summed E-state index contributed by atoms with van der Waals surface area (Å²) in [5.74, 6) is 0.955. The van der Waals surface area contributed by atoms with Crippen LogP contribution in [0.5, 0.6) is 0 Å². The average molecular weight is 420 g/mol. The number of hydrogen-bond acceptors (Lipinski definition) is 2. The van der Waals surface area contributed by atoms with Crippen LogP contribution in [0.3, 0.4) is 0 Å². The Morgan fingerprint density at radius 1 is 1.00 bits per heavy atom. The van der Waals surface area contributed by atoms with Crippen LogP contribution in [0.15, 0.2) is 42.7 Å². The van der Waals surface area contributed by atoms with Crippen molar-refractivity contribution in [2.45, 2.75) is 52.0 Å². The van der Waals surface area contributed by atoms with Crippen molar-refractivity contribution in [2.24, 2.45) is 5.92 Å². The van der Waals surface area contributed by atoms with Gasteiger partial charge in [0.25, 0.3) is 0 Å². The number of nitrogens with one attached hydrogen (secondary N) is 2. The lowest BCUT2D eigenvalue weighted by molar-refractivity contribution is 0.334. The van der Waals surface area contributed by atoms with Gasteiger partial charge in [0.15, 0.2) is 0 Å². The number of aromatic nitrogens is 2. The van der Waals surface area contributed by atoms with Crippen LogP contribution in [-0.2, 0) is 6.54 Å². The lowest BCUT2D eigenvalue weighted by Gasteiger charge is -2.21. The molecule has 152 valence electrons. The number of fused-ring (bicyclic) bond motifs is 1. The van der Waals surface area contributed by atoms with Gasteiger partial charge in [-0.3, -0.25) is 0 Å². The summed E-state index contributed by atoms with van der Waals surface area (Å²) in [6, 6.07) is 13.2. The Labute approximate surface area is 180 Å². The third-order valence-electron chi connectivity index (χ3n) is 5.87. The molecule has 0 aliphatic heterocycles. The number of aromatic amines is 1. The molecule has 1 aromatic heterocycles. The first-order chi connectivity index (χ1) is 12.8. The van der Waals surface area contributed by atoms with Gasteiger partial charge in [-0.15, -0.1) is 24.8 Å². The molecule has 3 aromatic rings. The van der Waals surface area contributed by atoms with Crippen molar-refractivity contribution in [3.05, 3.63) is 53.9 Å². The minimum atomic E-state index is 0. The molecular formula is C23H31Cl2N3. The highest BCUT2D eigenvalue weighted by Gasteiger charge is 2.12. The zero-order valence-corrected chi connectivity index (χ0v) is 18.2. The maximum Gasteiger partial charge on any atom is 0.0931 e. The molecule has 3 nitrogen and oxygen atoms in total. The summed E-state index contributed by atoms with van der Waals surface area (Å²) in [6.07, 6.45) is 10.3. The molecule has 1 fully saturated rings. The Morgan fingerprint density at radius 2 is 1.75 bits per heavy atom. The molecule has 0 saturated heterocycles. The zero-order chi connectivity index (χ0) is 17.8. The molecule has 1 aliphatic rings. The van der Waals surface area contributed by atoms with Gasteiger partial charge in [-0.1, -0.05) is 56.4 Å². The van der Waals surface area contributed by atoms with Crippen molar-refractivity contribution in [1.29, 1.82) is 0 Å². The van der Waals surface area contributed by atoms with Gasteiger partial charge in [0.1, 0.15) is 0 Å². The van der Waals surface area contributed by atoms with Crippen molar-refractivity contribution < 1.29 is 0 Å². The van der Waals surface area contributed by atoms with Gasteiger partial charge < -0.3 is 10.3 Å². The molecule has 1 heterocycles. The normalized spacial score (nSPS) is 14.5. The third kappa shape index (κ3) is 5.50. The van der Waals surface area contributed by atoms with Crippen LogP contribution in [0.25, 0.3) is 22.2 Å². The molecule has 28 heavy (non-hydrogen) atoms. The van der Waals surface area contributed by atoms with E-state index in [2.05, 4.69) is 58.6 Å². The molecule has 0 radical (unpaired) electrons. The first-order valence-corrected chi connectivity index (χ1v) is 10.0. The Balaban J connectivity index is 0.00000140. The second-order valence-corrected chi connectivity index (χ2v) is 7.75. The minimum absolute atomic E-state index is 0. The molecule has 5 heteroatoms. The third-order valence-corrected chi connectivity index (χ3v) is 5.87. The molecule has 0 unspecified atom stereocenters. The molecule has 0 amide bonds. The van der Waals surface area contributed by atoms with E-state index in [1.165, 1.54) is 60.8 Å². The van der Waals surface area contributed by atoms with E-state index in [0.717, 1.165) is 30.0 Å². The lowest BCUT2D eigenvalue weighted by Crippen LogP contribution is -2.19. The Hall–Kier alpha value is -1.55. The summed E-state index contributed by atoms with van der Waals surface area (Å²) in [5.41, 5.74) is 7.36. The van der Waals surface area contributed by atoms with Gasteiger partial charge in [-0.2, -0.15) is 0 Å². The number of imidazole rings is 1. The van der Waals surface area contributed by atoms with Crippen LogP contribution in [-0.4, -0.2) is 16.5 Å². The van der Waals surface area contributed by atoms with Crippen molar-refractivity contribution >= 4 is 35.8 Å². The Morgan fingerprint density at radius 3 is 2.54 bits per heavy atom. The topological polar surface area (TPSA) is 40.7 Å². The number of halogens is 2. The molecule has 1 saturated carbocycles. The molecule has 0 spiro atoms. The van der Waals surface area contributed by atoms with E-state index in [-0.39, 0.29) is 24.8 Å². The van der Waals surface area contributed by atoms with Crippen LogP contribution in [0.1, 0.15) is 49.7 Å². The highest BCUT2D eigenvalue weighted by molar-refractivity contribution is 5.85. The maximum atomic E-state index is 4.37. The van der Waals surface area contributed by atoms with E-state index >= 15 is 0 Å². The standard InChI is InChI=1S/C23H29N3.2ClH/c1-17-13-19(20-9-10-22-23(14-20)26-16-25-22)7-8-21(17)15-24-12-11-18-5-3-2-4-6-18;;/h7-10,13-14,16,18,24H,2-6,11-12,15H2,1H3,(H,25,26);2*1H. The van der Waals surface area contributed by atoms with E-state index in [1.807, 2.05) is 0 Å². The van der Waals surface area contributed by atoms with Crippen molar-refractivity contribution in [1.82, 2.24) is 15.3 Å². The highest BCUT2D eigenvalue weighted by Crippen LogP contribution is 2.26. The van der Waals surface area contributed by atoms with Crippen LogP contribution in [0, 0.1) is 12.8 Å². The van der Waals surface area contributed by atoms with E-state index in [9.17, 15) is 0 Å². The predicted octanol–water partition coefficient (Wildman–Crippen LogP) is 6.44. The number of nitrogens with zero attached hydrogens (tertiary/aromatic N) is 1. The fourth-order valence-electron chi connectivity index (χ4n) is 4.19. The number of benzene rings is 2. The number of aryl methyl sites for hydroxylation is 1. The molecular weight excluding hydrogens is 389 g/mol. The molecule has 2 aromatic carbocycles. The summed E-state index contributed by atoms with van der Waals surface area (Å²) in [4.78, 5) is 7.52. The van der Waals surface area contributed by atoms with E-state index in [0.29, 0.717) is 0 Å². The fraction of sp³-hybridized carbons (Fsp3) is 0.435. The van der Waals surface area contributed by atoms with E-state index in [4.69, 9.17) is 0 Å². The van der Waals surface area contributed by atoms with Gasteiger partial charge in [0.05, 0.1) is 17.4 Å². The Kier molecular flexibility index (Phi) is 8.81. The van der Waals surface area contributed by atoms with Gasteiger partial charge >= 0.3 is 0 Å². The van der Waals surface area contributed by atoms with E-state index < -0.39 is 0 Å². The van der Waals surface area contributed by atoms with Gasteiger partial charge in [-0.05, 0) is 60.2 Å². The van der Waals surface area contributed by atoms with Crippen molar-refractivity contribution in [3.8, 4) is 11.1 Å². The van der Waals surface area contributed by atoms with Crippen LogP contribution in [0.2, 0.25) is 0 Å². The summed E-state index contributed by atoms with van der Waals surface area (Å²) < 4.78 is 0. The second kappa shape index (κ2) is 10.8. The maximum absolute atomic E-state index is 4.37. The summed E-state index contributed by atoms with van der Waals surface area (Å²) in [7, 11) is 0. The summed E-state index contributed by atoms with van der Waals surface area (Å²) in [6.45, 7) is 4.33. The van der Waals surface area contributed by atoms with Crippen LogP contribution >= 0.6 is 24.8 Å². The first-order valence-electron chi connectivity index (χ1n) is 10.0. The molecule has 1 aliphatic carbocycles. The molecule has 2 N–H and O–H groups in total. The van der Waals surface area contributed by atoms with Crippen LogP contribution in [0.4, 0.5) is 0 Å². The molecule has 0 atom stereocenters. The molecule has 0 bridgehead atoms. The number of hydrogen-bond donors (Lipinski definition) is 2. The number of H-pyrrole nitrogens is 1. The van der Waals surface area contributed by atoms with Gasteiger partial charge in [0, 0.05) is 6.54 Å². The monoisotopic (exact) mass is 419 g/mol. The fourth-order valence-corrected chi connectivity index (χ4v) is 4.19. The minimum Gasteiger partial charge on any atom is -0.345 e. The average Bonchev–Trinajstić information content (AvgIpc) is 3.15. The lowest BCUT2D eigenvalue weighted by atomic mass is 9.87. The van der Waals surface area contributed by atoms with Crippen molar-refractivity contribution in [2.75, 3.05) is 6.54 Å². The van der Waals surface area contributed by atoms with Crippen LogP contribution < -0.4 is 5.32 Å². The largest absolute Gasteiger partial charge is 0.345 e. The summed E-state index contributed by atoms with van der Waals surface area (Å²) >= 11 is 0. The van der Waals surface area contributed by atoms with Crippen molar-refractivity contribution in [3.63, 3.8) is 0 Å².